The van der Waals surface area contributed by atoms with Crippen molar-refractivity contribution in [3.05, 3.63) is 36.3 Å². The largest absolute Gasteiger partial charge is 0.497 e. The van der Waals surface area contributed by atoms with Crippen molar-refractivity contribution in [1.29, 1.82) is 0 Å². The summed E-state index contributed by atoms with van der Waals surface area (Å²) in [4.78, 5) is 0. The lowest BCUT2D eigenvalue weighted by Crippen LogP contribution is -1.88. The van der Waals surface area contributed by atoms with Crippen molar-refractivity contribution in [3.8, 4) is 0 Å². The number of hydrogen-bond acceptors (Lipinski definition) is 2. The van der Waals surface area contributed by atoms with Crippen LogP contribution < -0.4 is 0 Å². The molecule has 0 heterocycles. The van der Waals surface area contributed by atoms with E-state index < -0.39 is 0 Å². The first-order valence-electron chi connectivity index (χ1n) is 3.26. The molecule has 0 aliphatic rings. The molecule has 0 aromatic heterocycles. The summed E-state index contributed by atoms with van der Waals surface area (Å²) in [6.45, 7) is 9.19. The van der Waals surface area contributed by atoms with E-state index in [-0.39, 0.29) is 0 Å². The summed E-state index contributed by atoms with van der Waals surface area (Å²) in [7, 11) is 3.15. The molecule has 62 valence electrons. The molecular formula is C9H14O2. The van der Waals surface area contributed by atoms with Crippen LogP contribution >= 0.6 is 0 Å². The lowest BCUT2D eigenvalue weighted by molar-refractivity contribution is 0.296. The highest BCUT2D eigenvalue weighted by Crippen LogP contribution is 2.09. The minimum Gasteiger partial charge on any atom is -0.497 e. The lowest BCUT2D eigenvalue weighted by atomic mass is 10.2. The Morgan fingerprint density at radius 2 is 1.73 bits per heavy atom. The van der Waals surface area contributed by atoms with Gasteiger partial charge in [0.2, 0.25) is 0 Å². The van der Waals surface area contributed by atoms with Gasteiger partial charge < -0.3 is 9.47 Å². The average molecular weight is 154 g/mol. The quantitative estimate of drug-likeness (QED) is 0.456. The SMILES string of the molecule is C=C(/C=C(/C)C(=C)OC)OC. The Kier molecular flexibility index (Phi) is 4.11. The maximum Gasteiger partial charge on any atom is 0.114 e. The van der Waals surface area contributed by atoms with Gasteiger partial charge in [-0.15, -0.1) is 0 Å². The van der Waals surface area contributed by atoms with Crippen LogP contribution in [-0.2, 0) is 9.47 Å². The van der Waals surface area contributed by atoms with E-state index >= 15 is 0 Å². The van der Waals surface area contributed by atoms with E-state index in [4.69, 9.17) is 9.47 Å². The van der Waals surface area contributed by atoms with Crippen molar-refractivity contribution in [2.45, 2.75) is 6.92 Å². The van der Waals surface area contributed by atoms with Crippen LogP contribution in [0.3, 0.4) is 0 Å². The first-order valence-corrected chi connectivity index (χ1v) is 3.26. The molecule has 0 aliphatic heterocycles. The Hall–Kier alpha value is -1.18. The van der Waals surface area contributed by atoms with E-state index in [1.54, 1.807) is 20.3 Å². The molecule has 0 atom stereocenters. The van der Waals surface area contributed by atoms with Gasteiger partial charge in [0.25, 0.3) is 0 Å². The maximum atomic E-state index is 4.90. The average Bonchev–Trinajstić information content (AvgIpc) is 2.02. The molecule has 0 saturated carbocycles. The lowest BCUT2D eigenvalue weighted by Gasteiger charge is -2.04. The Morgan fingerprint density at radius 3 is 2.09 bits per heavy atom. The molecule has 0 spiro atoms. The van der Waals surface area contributed by atoms with Gasteiger partial charge in [0.1, 0.15) is 11.5 Å². The highest BCUT2D eigenvalue weighted by Gasteiger charge is 1.95. The van der Waals surface area contributed by atoms with Gasteiger partial charge in [-0.05, 0) is 18.6 Å². The van der Waals surface area contributed by atoms with Gasteiger partial charge in [0, 0.05) is 0 Å². The highest BCUT2D eigenvalue weighted by atomic mass is 16.5. The van der Waals surface area contributed by atoms with Crippen molar-refractivity contribution in [2.75, 3.05) is 14.2 Å². The van der Waals surface area contributed by atoms with Crippen LogP contribution in [0.1, 0.15) is 6.92 Å². The Morgan fingerprint density at radius 1 is 1.18 bits per heavy atom. The third-order valence-electron chi connectivity index (χ3n) is 1.33. The fourth-order valence-electron chi connectivity index (χ4n) is 0.542. The van der Waals surface area contributed by atoms with E-state index in [9.17, 15) is 0 Å². The summed E-state index contributed by atoms with van der Waals surface area (Å²) in [6.07, 6.45) is 1.77. The molecule has 0 aliphatic carbocycles. The second-order valence-corrected chi connectivity index (χ2v) is 2.13. The van der Waals surface area contributed by atoms with Crippen LogP contribution in [0.4, 0.5) is 0 Å². The van der Waals surface area contributed by atoms with Crippen molar-refractivity contribution in [1.82, 2.24) is 0 Å². The van der Waals surface area contributed by atoms with Crippen molar-refractivity contribution < 1.29 is 9.47 Å². The smallest absolute Gasteiger partial charge is 0.114 e. The molecular weight excluding hydrogens is 140 g/mol. The standard InChI is InChI=1S/C9H14O2/c1-7(9(3)11-5)6-8(2)10-4/h6H,2-3H2,1,4-5H3/b7-6-. The Bertz CT molecular complexity index is 190. The van der Waals surface area contributed by atoms with E-state index in [2.05, 4.69) is 13.2 Å². The number of methoxy groups -OCH3 is 2. The normalized spacial score (nSPS) is 10.6. The van der Waals surface area contributed by atoms with Crippen molar-refractivity contribution in [2.24, 2.45) is 0 Å². The van der Waals surface area contributed by atoms with Gasteiger partial charge in [-0.3, -0.25) is 0 Å². The van der Waals surface area contributed by atoms with Gasteiger partial charge in [0.15, 0.2) is 0 Å². The molecule has 0 bridgehead atoms. The van der Waals surface area contributed by atoms with Gasteiger partial charge in [0.05, 0.1) is 14.2 Å². The van der Waals surface area contributed by atoms with Crippen LogP contribution in [0.15, 0.2) is 36.3 Å². The van der Waals surface area contributed by atoms with E-state index in [1.807, 2.05) is 6.92 Å². The number of ether oxygens (including phenoxy) is 2. The summed E-state index contributed by atoms with van der Waals surface area (Å²) >= 11 is 0. The van der Waals surface area contributed by atoms with Crippen LogP contribution in [0.25, 0.3) is 0 Å². The Balaban J connectivity index is 4.21. The monoisotopic (exact) mass is 154 g/mol. The molecule has 0 aromatic carbocycles. The van der Waals surface area contributed by atoms with Crippen molar-refractivity contribution >= 4 is 0 Å². The van der Waals surface area contributed by atoms with Gasteiger partial charge in [-0.1, -0.05) is 13.2 Å². The minimum absolute atomic E-state index is 0.598. The number of hydrogen-bond donors (Lipinski definition) is 0. The van der Waals surface area contributed by atoms with Gasteiger partial charge in [-0.25, -0.2) is 0 Å². The summed E-state index contributed by atoms with van der Waals surface area (Å²) in [5, 5.41) is 0. The Labute approximate surface area is 67.8 Å². The second-order valence-electron chi connectivity index (χ2n) is 2.13. The fourth-order valence-corrected chi connectivity index (χ4v) is 0.542. The van der Waals surface area contributed by atoms with Gasteiger partial charge >= 0.3 is 0 Å². The first kappa shape index (κ1) is 9.82. The molecule has 0 amide bonds. The molecule has 11 heavy (non-hydrogen) atoms. The van der Waals surface area contributed by atoms with Crippen LogP contribution in [0, 0.1) is 0 Å². The summed E-state index contributed by atoms with van der Waals surface area (Å²) < 4.78 is 9.75. The molecule has 0 fully saturated rings. The highest BCUT2D eigenvalue weighted by molar-refractivity contribution is 5.26. The second kappa shape index (κ2) is 4.61. The number of rotatable bonds is 4. The van der Waals surface area contributed by atoms with Crippen molar-refractivity contribution in [3.63, 3.8) is 0 Å². The number of allylic oxidation sites excluding steroid dienone is 2. The minimum atomic E-state index is 0.598. The zero-order valence-electron chi connectivity index (χ0n) is 7.31. The molecule has 0 saturated heterocycles. The molecule has 0 unspecified atom stereocenters. The summed E-state index contributed by atoms with van der Waals surface area (Å²) in [6, 6.07) is 0. The maximum absolute atomic E-state index is 4.90. The topological polar surface area (TPSA) is 18.5 Å². The van der Waals surface area contributed by atoms with Gasteiger partial charge in [-0.2, -0.15) is 0 Å². The zero-order chi connectivity index (χ0) is 8.85. The van der Waals surface area contributed by atoms with E-state index in [0.717, 1.165) is 5.57 Å². The fraction of sp³-hybridized carbons (Fsp3) is 0.333. The zero-order valence-corrected chi connectivity index (χ0v) is 7.31. The third kappa shape index (κ3) is 3.50. The third-order valence-corrected chi connectivity index (χ3v) is 1.33. The summed E-state index contributed by atoms with van der Waals surface area (Å²) in [5.74, 6) is 1.23. The summed E-state index contributed by atoms with van der Waals surface area (Å²) in [5.41, 5.74) is 0.916. The van der Waals surface area contributed by atoms with E-state index in [0.29, 0.717) is 11.5 Å². The first-order chi connectivity index (χ1) is 5.11. The molecule has 0 rings (SSSR count). The molecule has 0 N–H and O–H groups in total. The predicted octanol–water partition coefficient (Wildman–Crippen LogP) is 2.25. The molecule has 0 aromatic rings. The molecule has 2 nitrogen and oxygen atoms in total. The molecule has 0 radical (unpaired) electrons. The van der Waals surface area contributed by atoms with Crippen LogP contribution in [-0.4, -0.2) is 14.2 Å². The predicted molar refractivity (Wildman–Crippen MR) is 46.1 cm³/mol. The molecule has 2 heteroatoms. The van der Waals surface area contributed by atoms with Crippen LogP contribution in [0.2, 0.25) is 0 Å². The van der Waals surface area contributed by atoms with Crippen LogP contribution in [0.5, 0.6) is 0 Å². The van der Waals surface area contributed by atoms with E-state index in [1.165, 1.54) is 0 Å².